The number of amides is 1. The zero-order valence-electron chi connectivity index (χ0n) is 11.6. The maximum absolute atomic E-state index is 12.6. The topological polar surface area (TPSA) is 46.3 Å². The highest BCUT2D eigenvalue weighted by Gasteiger charge is 2.15. The van der Waals surface area contributed by atoms with Crippen LogP contribution in [0.5, 0.6) is 0 Å². The summed E-state index contributed by atoms with van der Waals surface area (Å²) in [6.07, 6.45) is 0. The molecular formula is C16H16BrClN2O. The average Bonchev–Trinajstić information content (AvgIpc) is 2.47. The highest BCUT2D eigenvalue weighted by Crippen LogP contribution is 2.22. The van der Waals surface area contributed by atoms with Gasteiger partial charge in [-0.15, -0.1) is 0 Å². The van der Waals surface area contributed by atoms with Crippen LogP contribution in [-0.4, -0.2) is 17.4 Å². The summed E-state index contributed by atoms with van der Waals surface area (Å²) in [5.41, 5.74) is 7.98. The van der Waals surface area contributed by atoms with E-state index in [1.165, 1.54) is 0 Å². The molecule has 0 aliphatic carbocycles. The maximum atomic E-state index is 12.6. The van der Waals surface area contributed by atoms with Crippen molar-refractivity contribution < 1.29 is 4.79 Å². The quantitative estimate of drug-likeness (QED) is 0.817. The van der Waals surface area contributed by atoms with Crippen LogP contribution < -0.4 is 5.73 Å². The minimum absolute atomic E-state index is 0.0447. The van der Waals surface area contributed by atoms with Crippen molar-refractivity contribution in [2.45, 2.75) is 13.5 Å². The Morgan fingerprint density at radius 1 is 1.29 bits per heavy atom. The van der Waals surface area contributed by atoms with E-state index in [0.717, 1.165) is 10.0 Å². The molecule has 0 radical (unpaired) electrons. The Balaban J connectivity index is 2.20. The summed E-state index contributed by atoms with van der Waals surface area (Å²) in [5.74, 6) is -0.0447. The van der Waals surface area contributed by atoms with Crippen molar-refractivity contribution in [3.8, 4) is 0 Å². The molecule has 0 fully saturated rings. The van der Waals surface area contributed by atoms with E-state index in [0.29, 0.717) is 29.4 Å². The van der Waals surface area contributed by atoms with Crippen molar-refractivity contribution >= 4 is 39.1 Å². The summed E-state index contributed by atoms with van der Waals surface area (Å²) < 4.78 is 0.789. The highest BCUT2D eigenvalue weighted by atomic mass is 79.9. The third-order valence-electron chi connectivity index (χ3n) is 3.17. The van der Waals surface area contributed by atoms with Crippen LogP contribution in [0.3, 0.4) is 0 Å². The van der Waals surface area contributed by atoms with Gasteiger partial charge in [0.1, 0.15) is 0 Å². The van der Waals surface area contributed by atoms with Gasteiger partial charge >= 0.3 is 0 Å². The molecule has 2 N–H and O–H groups in total. The van der Waals surface area contributed by atoms with Crippen molar-refractivity contribution in [3.05, 3.63) is 63.1 Å². The first-order valence-corrected chi connectivity index (χ1v) is 7.77. The van der Waals surface area contributed by atoms with Crippen molar-refractivity contribution in [2.24, 2.45) is 0 Å². The molecule has 0 atom stereocenters. The molecule has 110 valence electrons. The van der Waals surface area contributed by atoms with Crippen molar-refractivity contribution in [3.63, 3.8) is 0 Å². The molecule has 3 nitrogen and oxygen atoms in total. The lowest BCUT2D eigenvalue weighted by Crippen LogP contribution is -2.30. The lowest BCUT2D eigenvalue weighted by Gasteiger charge is -2.21. The van der Waals surface area contributed by atoms with E-state index in [2.05, 4.69) is 15.9 Å². The lowest BCUT2D eigenvalue weighted by molar-refractivity contribution is 0.0752. The summed E-state index contributed by atoms with van der Waals surface area (Å²) in [4.78, 5) is 14.3. The first-order valence-electron chi connectivity index (χ1n) is 6.60. The van der Waals surface area contributed by atoms with Crippen molar-refractivity contribution in [1.29, 1.82) is 0 Å². The summed E-state index contributed by atoms with van der Waals surface area (Å²) >= 11 is 9.31. The van der Waals surface area contributed by atoms with E-state index in [-0.39, 0.29) is 5.91 Å². The molecule has 0 bridgehead atoms. The first kappa shape index (κ1) is 15.9. The predicted molar refractivity (Wildman–Crippen MR) is 90.4 cm³/mol. The van der Waals surface area contributed by atoms with E-state index >= 15 is 0 Å². The molecule has 0 saturated heterocycles. The number of hydrogen-bond acceptors (Lipinski definition) is 2. The monoisotopic (exact) mass is 366 g/mol. The van der Waals surface area contributed by atoms with Gasteiger partial charge in [-0.1, -0.05) is 23.7 Å². The van der Waals surface area contributed by atoms with Gasteiger partial charge in [-0.2, -0.15) is 0 Å². The Hall–Kier alpha value is -1.52. The summed E-state index contributed by atoms with van der Waals surface area (Å²) in [7, 11) is 0. The number of halogens is 2. The van der Waals surface area contributed by atoms with Crippen LogP contribution in [0.1, 0.15) is 22.8 Å². The van der Waals surface area contributed by atoms with Crippen molar-refractivity contribution in [1.82, 2.24) is 4.90 Å². The largest absolute Gasteiger partial charge is 0.398 e. The zero-order valence-corrected chi connectivity index (χ0v) is 14.0. The maximum Gasteiger partial charge on any atom is 0.254 e. The van der Waals surface area contributed by atoms with Gasteiger partial charge in [0.15, 0.2) is 0 Å². The van der Waals surface area contributed by atoms with Crippen LogP contribution in [-0.2, 0) is 6.54 Å². The van der Waals surface area contributed by atoms with Gasteiger partial charge in [0.25, 0.3) is 5.91 Å². The number of nitrogens with two attached hydrogens (primary N) is 1. The molecule has 21 heavy (non-hydrogen) atoms. The second-order valence-corrected chi connectivity index (χ2v) is 5.98. The predicted octanol–water partition coefficient (Wildman–Crippen LogP) is 4.35. The first-order chi connectivity index (χ1) is 10.0. The van der Waals surface area contributed by atoms with E-state index in [9.17, 15) is 4.79 Å². The van der Waals surface area contributed by atoms with Crippen LogP contribution in [0, 0.1) is 0 Å². The second-order valence-electron chi connectivity index (χ2n) is 4.69. The fourth-order valence-electron chi connectivity index (χ4n) is 2.04. The number of anilines is 1. The molecule has 0 aromatic heterocycles. The van der Waals surface area contributed by atoms with Gasteiger partial charge in [0, 0.05) is 33.8 Å². The molecule has 5 heteroatoms. The molecule has 0 unspecified atom stereocenters. The number of rotatable bonds is 4. The second kappa shape index (κ2) is 6.96. The van der Waals surface area contributed by atoms with Crippen LogP contribution in [0.4, 0.5) is 5.69 Å². The van der Waals surface area contributed by atoms with Gasteiger partial charge in [-0.05, 0) is 58.7 Å². The van der Waals surface area contributed by atoms with Gasteiger partial charge in [0.05, 0.1) is 0 Å². The molecule has 2 aromatic rings. The number of benzene rings is 2. The van der Waals surface area contributed by atoms with Crippen LogP contribution in [0.2, 0.25) is 5.02 Å². The lowest BCUT2D eigenvalue weighted by atomic mass is 10.1. The fourth-order valence-corrected chi connectivity index (χ4v) is 2.50. The molecule has 2 rings (SSSR count). The number of carbonyl (C=O) groups excluding carboxylic acids is 1. The molecular weight excluding hydrogens is 352 g/mol. The average molecular weight is 368 g/mol. The Labute approximate surface area is 137 Å². The molecule has 0 saturated carbocycles. The normalized spacial score (nSPS) is 10.4. The molecule has 1 amide bonds. The summed E-state index contributed by atoms with van der Waals surface area (Å²) in [6.45, 7) is 3.08. The van der Waals surface area contributed by atoms with Gasteiger partial charge in [-0.25, -0.2) is 0 Å². The Morgan fingerprint density at radius 3 is 2.67 bits per heavy atom. The number of carbonyl (C=O) groups is 1. The fraction of sp³-hybridized carbons (Fsp3) is 0.188. The van der Waals surface area contributed by atoms with Crippen LogP contribution >= 0.6 is 27.5 Å². The molecule has 0 aliphatic heterocycles. The zero-order chi connectivity index (χ0) is 15.4. The minimum atomic E-state index is -0.0447. The molecule has 0 aliphatic rings. The van der Waals surface area contributed by atoms with E-state index in [1.54, 1.807) is 23.1 Å². The van der Waals surface area contributed by atoms with Gasteiger partial charge in [0.2, 0.25) is 0 Å². The third kappa shape index (κ3) is 3.99. The van der Waals surface area contributed by atoms with E-state index < -0.39 is 0 Å². The smallest absolute Gasteiger partial charge is 0.254 e. The standard InChI is InChI=1S/C16H16BrClN2O/c1-2-20(10-11-4-3-5-13(18)8-11)16(21)12-6-7-14(17)15(19)9-12/h3-9H,2,10,19H2,1H3. The number of nitrogen functional groups attached to an aromatic ring is 1. The molecule has 2 aromatic carbocycles. The van der Waals surface area contributed by atoms with Crippen molar-refractivity contribution in [2.75, 3.05) is 12.3 Å². The molecule has 0 heterocycles. The Kier molecular flexibility index (Phi) is 5.26. The van der Waals surface area contributed by atoms with Gasteiger partial charge < -0.3 is 10.6 Å². The third-order valence-corrected chi connectivity index (χ3v) is 4.13. The van der Waals surface area contributed by atoms with Crippen LogP contribution in [0.25, 0.3) is 0 Å². The number of nitrogens with zero attached hydrogens (tertiary/aromatic N) is 1. The SMILES string of the molecule is CCN(Cc1cccc(Cl)c1)C(=O)c1ccc(Br)c(N)c1. The number of hydrogen-bond donors (Lipinski definition) is 1. The minimum Gasteiger partial charge on any atom is -0.398 e. The summed E-state index contributed by atoms with van der Waals surface area (Å²) in [5, 5.41) is 0.670. The highest BCUT2D eigenvalue weighted by molar-refractivity contribution is 9.10. The molecule has 0 spiro atoms. The van der Waals surface area contributed by atoms with E-state index in [4.69, 9.17) is 17.3 Å². The van der Waals surface area contributed by atoms with Crippen LogP contribution in [0.15, 0.2) is 46.9 Å². The summed E-state index contributed by atoms with van der Waals surface area (Å²) in [6, 6.07) is 12.8. The van der Waals surface area contributed by atoms with E-state index in [1.807, 2.05) is 31.2 Å². The van der Waals surface area contributed by atoms with Gasteiger partial charge in [-0.3, -0.25) is 4.79 Å². The Bertz CT molecular complexity index is 660. The Morgan fingerprint density at radius 2 is 2.05 bits per heavy atom.